The maximum Gasteiger partial charge on any atom is 0.255 e. The summed E-state index contributed by atoms with van der Waals surface area (Å²) in [5, 5.41) is 6.85. The molecule has 4 aliphatic carbocycles. The molecule has 1 amide bonds. The molecule has 2 aromatic carbocycles. The van der Waals surface area contributed by atoms with E-state index < -0.39 is 10.0 Å². The van der Waals surface area contributed by atoms with Gasteiger partial charge in [0, 0.05) is 11.1 Å². The van der Waals surface area contributed by atoms with Crippen LogP contribution in [-0.2, 0) is 10.0 Å². The number of para-hydroxylation sites is 2. The van der Waals surface area contributed by atoms with Crippen LogP contribution in [0, 0.1) is 30.1 Å². The zero-order valence-corrected chi connectivity index (χ0v) is 19.3. The van der Waals surface area contributed by atoms with Gasteiger partial charge in [0.05, 0.1) is 22.8 Å². The van der Waals surface area contributed by atoms with Crippen LogP contribution in [-0.4, -0.2) is 26.4 Å². The van der Waals surface area contributed by atoms with Crippen LogP contribution in [0.4, 0.5) is 11.4 Å². The Morgan fingerprint density at radius 3 is 2.09 bits per heavy atom. The van der Waals surface area contributed by atoms with E-state index in [4.69, 9.17) is 6.42 Å². The van der Waals surface area contributed by atoms with Gasteiger partial charge in [0.15, 0.2) is 0 Å². The summed E-state index contributed by atoms with van der Waals surface area (Å²) in [5.74, 6) is 4.45. The van der Waals surface area contributed by atoms with Crippen LogP contribution in [0.15, 0.2) is 53.4 Å². The lowest BCUT2D eigenvalue weighted by atomic mass is 9.53. The molecule has 3 N–H and O–H groups in total. The van der Waals surface area contributed by atoms with Gasteiger partial charge in [0.25, 0.3) is 5.91 Å². The molecule has 2 aromatic rings. The van der Waals surface area contributed by atoms with Crippen molar-refractivity contribution in [1.82, 2.24) is 4.72 Å². The molecular weight excluding hydrogens is 434 g/mol. The van der Waals surface area contributed by atoms with Crippen LogP contribution >= 0.6 is 0 Å². The topological polar surface area (TPSA) is 87.3 Å². The van der Waals surface area contributed by atoms with E-state index >= 15 is 0 Å². The second kappa shape index (κ2) is 8.51. The first-order chi connectivity index (χ1) is 15.9. The number of amides is 1. The molecule has 0 aliphatic heterocycles. The molecule has 0 aromatic heterocycles. The quantitative estimate of drug-likeness (QED) is 0.536. The molecule has 4 saturated carbocycles. The molecule has 0 heterocycles. The number of terminal acetylenes is 1. The first kappa shape index (κ1) is 22.0. The molecule has 6 nitrogen and oxygen atoms in total. The minimum absolute atomic E-state index is 0.0678. The van der Waals surface area contributed by atoms with Gasteiger partial charge in [-0.05, 0) is 92.7 Å². The van der Waals surface area contributed by atoms with Crippen LogP contribution < -0.4 is 15.4 Å². The fraction of sp³-hybridized carbons (Fsp3) is 0.423. The van der Waals surface area contributed by atoms with Crippen molar-refractivity contribution in [3.63, 3.8) is 0 Å². The Kier molecular flexibility index (Phi) is 5.67. The van der Waals surface area contributed by atoms with Crippen molar-refractivity contribution in [2.45, 2.75) is 49.0 Å². The molecular formula is C26H29N3O3S. The number of hydrogen-bond acceptors (Lipinski definition) is 4. The van der Waals surface area contributed by atoms with Gasteiger partial charge >= 0.3 is 0 Å². The molecule has 0 unspecified atom stereocenters. The van der Waals surface area contributed by atoms with Gasteiger partial charge < -0.3 is 10.6 Å². The molecule has 4 fully saturated rings. The maximum atomic E-state index is 12.9. The third-order valence-corrected chi connectivity index (χ3v) is 8.82. The lowest BCUT2D eigenvalue weighted by molar-refractivity contribution is 0.0107. The standard InChI is InChI=1S/C26H29N3O3S/c1-2-11-27-33(31,32)22-9-7-21(8-10-22)25(30)28-23-5-3-4-6-24(23)29-26-15-18-12-19(16-26)14-20(13-18)17-26/h1,3-10,18-20,27,29H,11-17H2,(H,28,30). The highest BCUT2D eigenvalue weighted by molar-refractivity contribution is 7.89. The summed E-state index contributed by atoms with van der Waals surface area (Å²) in [7, 11) is -3.69. The molecule has 0 saturated heterocycles. The van der Waals surface area contributed by atoms with Gasteiger partial charge in [0.2, 0.25) is 10.0 Å². The van der Waals surface area contributed by atoms with E-state index in [2.05, 4.69) is 21.3 Å². The summed E-state index contributed by atoms with van der Waals surface area (Å²) >= 11 is 0. The number of benzene rings is 2. The number of hydrogen-bond donors (Lipinski definition) is 3. The SMILES string of the molecule is C#CCNS(=O)(=O)c1ccc(C(=O)Nc2ccccc2NC23CC4CC(CC(C4)C2)C3)cc1. The Balaban J connectivity index is 1.31. The molecule has 4 bridgehead atoms. The average Bonchev–Trinajstić information content (AvgIpc) is 2.78. The molecule has 172 valence electrons. The van der Waals surface area contributed by atoms with E-state index in [9.17, 15) is 13.2 Å². The Bertz CT molecular complexity index is 1160. The van der Waals surface area contributed by atoms with Gasteiger partial charge in [-0.25, -0.2) is 8.42 Å². The molecule has 0 radical (unpaired) electrons. The molecule has 33 heavy (non-hydrogen) atoms. The third-order valence-electron chi connectivity index (χ3n) is 7.40. The first-order valence-corrected chi connectivity index (χ1v) is 13.1. The van der Waals surface area contributed by atoms with Crippen molar-refractivity contribution in [3.8, 4) is 12.3 Å². The third kappa shape index (κ3) is 4.50. The second-order valence-corrected chi connectivity index (χ2v) is 11.6. The minimum atomic E-state index is -3.69. The largest absolute Gasteiger partial charge is 0.378 e. The Morgan fingerprint density at radius 2 is 1.52 bits per heavy atom. The van der Waals surface area contributed by atoms with Crippen molar-refractivity contribution >= 4 is 27.3 Å². The second-order valence-electron chi connectivity index (χ2n) is 9.88. The van der Waals surface area contributed by atoms with E-state index in [1.165, 1.54) is 62.8 Å². The smallest absolute Gasteiger partial charge is 0.255 e. The van der Waals surface area contributed by atoms with Gasteiger partial charge in [-0.1, -0.05) is 18.1 Å². The first-order valence-electron chi connectivity index (χ1n) is 11.6. The Morgan fingerprint density at radius 1 is 0.939 bits per heavy atom. The monoisotopic (exact) mass is 463 g/mol. The normalized spacial score (nSPS) is 27.7. The van der Waals surface area contributed by atoms with Gasteiger partial charge in [0.1, 0.15) is 0 Å². The molecule has 4 aliphatic rings. The number of rotatable bonds is 7. The maximum absolute atomic E-state index is 12.9. The highest BCUT2D eigenvalue weighted by Gasteiger charge is 2.51. The van der Waals surface area contributed by atoms with E-state index in [0.717, 1.165) is 29.1 Å². The number of carbonyl (C=O) groups excluding carboxylic acids is 1. The highest BCUT2D eigenvalue weighted by atomic mass is 32.2. The van der Waals surface area contributed by atoms with Gasteiger partial charge in [-0.3, -0.25) is 4.79 Å². The summed E-state index contributed by atoms with van der Waals surface area (Å²) in [6, 6.07) is 13.7. The predicted octanol–water partition coefficient (Wildman–Crippen LogP) is 4.23. The number of anilines is 2. The van der Waals surface area contributed by atoms with Crippen molar-refractivity contribution in [1.29, 1.82) is 0 Å². The molecule has 7 heteroatoms. The highest BCUT2D eigenvalue weighted by Crippen LogP contribution is 2.56. The fourth-order valence-electron chi connectivity index (χ4n) is 6.45. The summed E-state index contributed by atoms with van der Waals surface area (Å²) < 4.78 is 26.7. The van der Waals surface area contributed by atoms with E-state index in [1.807, 2.05) is 24.3 Å². The van der Waals surface area contributed by atoms with Crippen LogP contribution in [0.3, 0.4) is 0 Å². The Hall–Kier alpha value is -2.82. The summed E-state index contributed by atoms with van der Waals surface area (Å²) in [4.78, 5) is 13.0. The van der Waals surface area contributed by atoms with Crippen LogP contribution in [0.25, 0.3) is 0 Å². The number of carbonyl (C=O) groups is 1. The number of nitrogens with one attached hydrogen (secondary N) is 3. The minimum Gasteiger partial charge on any atom is -0.378 e. The van der Waals surface area contributed by atoms with E-state index in [0.29, 0.717) is 5.56 Å². The zero-order chi connectivity index (χ0) is 23.1. The summed E-state index contributed by atoms with van der Waals surface area (Å²) in [5.41, 5.74) is 2.21. The lowest BCUT2D eigenvalue weighted by Gasteiger charge is -2.57. The van der Waals surface area contributed by atoms with Crippen LogP contribution in [0.1, 0.15) is 48.9 Å². The summed E-state index contributed by atoms with van der Waals surface area (Å²) in [6.45, 7) is -0.0852. The van der Waals surface area contributed by atoms with Crippen LogP contribution in [0.5, 0.6) is 0 Å². The molecule has 0 spiro atoms. The number of sulfonamides is 1. The van der Waals surface area contributed by atoms with Crippen molar-refractivity contribution in [2.75, 3.05) is 17.2 Å². The Labute approximate surface area is 195 Å². The average molecular weight is 464 g/mol. The lowest BCUT2D eigenvalue weighted by Crippen LogP contribution is -2.54. The summed E-state index contributed by atoms with van der Waals surface area (Å²) in [6.07, 6.45) is 12.9. The van der Waals surface area contributed by atoms with Gasteiger partial charge in [-0.15, -0.1) is 6.42 Å². The van der Waals surface area contributed by atoms with Gasteiger partial charge in [-0.2, -0.15) is 4.72 Å². The van der Waals surface area contributed by atoms with Crippen molar-refractivity contribution in [3.05, 3.63) is 54.1 Å². The van der Waals surface area contributed by atoms with E-state index in [1.54, 1.807) is 0 Å². The zero-order valence-electron chi connectivity index (χ0n) is 18.5. The van der Waals surface area contributed by atoms with Crippen molar-refractivity contribution in [2.24, 2.45) is 17.8 Å². The molecule has 0 atom stereocenters. The van der Waals surface area contributed by atoms with Crippen molar-refractivity contribution < 1.29 is 13.2 Å². The predicted molar refractivity (Wildman–Crippen MR) is 129 cm³/mol. The fourth-order valence-corrected chi connectivity index (χ4v) is 7.38. The van der Waals surface area contributed by atoms with E-state index in [-0.39, 0.29) is 22.9 Å². The molecule has 6 rings (SSSR count). The van der Waals surface area contributed by atoms with Crippen LogP contribution in [0.2, 0.25) is 0 Å².